The van der Waals surface area contributed by atoms with Gasteiger partial charge in [-0.2, -0.15) is 0 Å². The lowest BCUT2D eigenvalue weighted by atomic mass is 9.84. The third kappa shape index (κ3) is 6.35. The molecule has 0 bridgehead atoms. The minimum Gasteiger partial charge on any atom is -0.465 e. The van der Waals surface area contributed by atoms with E-state index in [0.717, 1.165) is 6.42 Å². The average Bonchev–Trinajstić information content (AvgIpc) is 2.26. The maximum atomic E-state index is 10.8. The molecule has 3 nitrogen and oxygen atoms in total. The molecule has 0 saturated heterocycles. The van der Waals surface area contributed by atoms with Gasteiger partial charge in [0.05, 0.1) is 6.04 Å². The molecule has 1 aliphatic carbocycles. The molecule has 98 valence electrons. The lowest BCUT2D eigenvalue weighted by Crippen LogP contribution is -2.34. The van der Waals surface area contributed by atoms with Crippen molar-refractivity contribution in [1.29, 1.82) is 0 Å². The Balaban J connectivity index is 2.46. The molecule has 1 rings (SSSR count). The van der Waals surface area contributed by atoms with E-state index < -0.39 is 6.09 Å². The normalized spacial score (nSPS) is 19.7. The van der Waals surface area contributed by atoms with Crippen LogP contribution in [0, 0.1) is 11.8 Å². The van der Waals surface area contributed by atoms with E-state index >= 15 is 0 Å². The van der Waals surface area contributed by atoms with E-state index in [2.05, 4.69) is 25.2 Å². The Morgan fingerprint density at radius 3 is 2.47 bits per heavy atom. The Labute approximate surface area is 104 Å². The van der Waals surface area contributed by atoms with E-state index in [1.54, 1.807) is 0 Å². The summed E-state index contributed by atoms with van der Waals surface area (Å²) < 4.78 is 0. The van der Waals surface area contributed by atoms with Crippen molar-refractivity contribution >= 4 is 6.09 Å². The highest BCUT2D eigenvalue weighted by atomic mass is 16.4. The van der Waals surface area contributed by atoms with Crippen LogP contribution in [0.1, 0.15) is 52.4 Å². The zero-order chi connectivity index (χ0) is 12.7. The first-order valence-electron chi connectivity index (χ1n) is 6.75. The van der Waals surface area contributed by atoms with Crippen LogP contribution in [0.4, 0.5) is 4.79 Å². The van der Waals surface area contributed by atoms with Crippen molar-refractivity contribution in [2.45, 2.75) is 58.4 Å². The Morgan fingerprint density at radius 1 is 1.29 bits per heavy atom. The monoisotopic (exact) mass is 239 g/mol. The summed E-state index contributed by atoms with van der Waals surface area (Å²) in [4.78, 5) is 10.8. The van der Waals surface area contributed by atoms with Gasteiger partial charge < -0.3 is 10.4 Å². The van der Waals surface area contributed by atoms with Crippen LogP contribution in [0.3, 0.4) is 0 Å². The Morgan fingerprint density at radius 2 is 1.94 bits per heavy atom. The van der Waals surface area contributed by atoms with Crippen LogP contribution in [-0.4, -0.2) is 17.2 Å². The van der Waals surface area contributed by atoms with Gasteiger partial charge in [0.15, 0.2) is 0 Å². The van der Waals surface area contributed by atoms with Crippen LogP contribution in [-0.2, 0) is 0 Å². The van der Waals surface area contributed by atoms with Gasteiger partial charge >= 0.3 is 6.09 Å². The summed E-state index contributed by atoms with van der Waals surface area (Å²) in [6.07, 6.45) is 10.6. The zero-order valence-electron chi connectivity index (χ0n) is 11.0. The molecule has 1 atom stereocenters. The van der Waals surface area contributed by atoms with Crippen molar-refractivity contribution in [2.24, 2.45) is 11.8 Å². The van der Waals surface area contributed by atoms with Crippen molar-refractivity contribution in [3.05, 3.63) is 12.2 Å². The summed E-state index contributed by atoms with van der Waals surface area (Å²) in [5.41, 5.74) is 0. The van der Waals surface area contributed by atoms with Crippen LogP contribution in [0.15, 0.2) is 12.2 Å². The molecule has 0 heterocycles. The van der Waals surface area contributed by atoms with E-state index in [-0.39, 0.29) is 6.04 Å². The highest BCUT2D eigenvalue weighted by Gasteiger charge is 2.18. The van der Waals surface area contributed by atoms with E-state index in [4.69, 9.17) is 5.11 Å². The van der Waals surface area contributed by atoms with E-state index in [9.17, 15) is 4.79 Å². The van der Waals surface area contributed by atoms with Crippen molar-refractivity contribution in [2.75, 3.05) is 0 Å². The molecule has 17 heavy (non-hydrogen) atoms. The Kier molecular flexibility index (Phi) is 6.09. The molecule has 1 amide bonds. The van der Waals surface area contributed by atoms with Gasteiger partial charge in [-0.3, -0.25) is 0 Å². The summed E-state index contributed by atoms with van der Waals surface area (Å²) >= 11 is 0. The minimum atomic E-state index is -0.917. The molecule has 1 saturated carbocycles. The third-order valence-electron chi connectivity index (χ3n) is 3.35. The molecule has 2 N–H and O–H groups in total. The molecule has 3 heteroatoms. The quantitative estimate of drug-likeness (QED) is 0.717. The fourth-order valence-corrected chi connectivity index (χ4v) is 2.48. The van der Waals surface area contributed by atoms with Crippen LogP contribution in [0.5, 0.6) is 0 Å². The largest absolute Gasteiger partial charge is 0.465 e. The number of carboxylic acid groups (broad SMARTS) is 1. The molecule has 1 aliphatic rings. The summed E-state index contributed by atoms with van der Waals surface area (Å²) in [5.74, 6) is 1.16. The second-order valence-corrected chi connectivity index (χ2v) is 5.42. The highest BCUT2D eigenvalue weighted by Crippen LogP contribution is 2.27. The van der Waals surface area contributed by atoms with Crippen molar-refractivity contribution in [3.63, 3.8) is 0 Å². The molecular weight excluding hydrogens is 214 g/mol. The van der Waals surface area contributed by atoms with E-state index in [0.29, 0.717) is 11.8 Å². The molecule has 0 radical (unpaired) electrons. The summed E-state index contributed by atoms with van der Waals surface area (Å²) in [5, 5.41) is 11.4. The average molecular weight is 239 g/mol. The standard InChI is InChI=1S/C14H25NO2/c1-11(2)8-9-13(15-14(16)17)10-12-6-4-3-5-7-12/h8-9,11-13,15H,3-7,10H2,1-2H3,(H,16,17)/b9-8-/t13-/m1/s1. The Hall–Kier alpha value is -0.990. The molecule has 0 aromatic carbocycles. The molecule has 1 fully saturated rings. The van der Waals surface area contributed by atoms with Crippen LogP contribution >= 0.6 is 0 Å². The minimum absolute atomic E-state index is 0.0157. The van der Waals surface area contributed by atoms with Gasteiger partial charge in [0.2, 0.25) is 0 Å². The fourth-order valence-electron chi connectivity index (χ4n) is 2.48. The molecular formula is C14H25NO2. The second kappa shape index (κ2) is 7.36. The van der Waals surface area contributed by atoms with Crippen LogP contribution in [0.2, 0.25) is 0 Å². The van der Waals surface area contributed by atoms with Crippen LogP contribution in [0.25, 0.3) is 0 Å². The second-order valence-electron chi connectivity index (χ2n) is 5.42. The molecule has 0 unspecified atom stereocenters. The number of allylic oxidation sites excluding steroid dienone is 1. The van der Waals surface area contributed by atoms with Gasteiger partial charge in [0.1, 0.15) is 0 Å². The zero-order valence-corrected chi connectivity index (χ0v) is 11.0. The lowest BCUT2D eigenvalue weighted by molar-refractivity contribution is 0.189. The maximum absolute atomic E-state index is 10.8. The molecule has 0 aromatic heterocycles. The van der Waals surface area contributed by atoms with Crippen molar-refractivity contribution < 1.29 is 9.90 Å². The van der Waals surface area contributed by atoms with Gasteiger partial charge in [-0.1, -0.05) is 58.1 Å². The van der Waals surface area contributed by atoms with E-state index in [1.807, 2.05) is 6.08 Å². The van der Waals surface area contributed by atoms with Gasteiger partial charge in [-0.25, -0.2) is 4.79 Å². The van der Waals surface area contributed by atoms with Gasteiger partial charge in [0, 0.05) is 0 Å². The third-order valence-corrected chi connectivity index (χ3v) is 3.35. The Bertz CT molecular complexity index is 255. The number of rotatable bonds is 5. The molecule has 0 aromatic rings. The number of amides is 1. The van der Waals surface area contributed by atoms with Crippen molar-refractivity contribution in [1.82, 2.24) is 5.32 Å². The number of hydrogen-bond acceptors (Lipinski definition) is 1. The van der Waals surface area contributed by atoms with Crippen LogP contribution < -0.4 is 5.32 Å². The summed E-state index contributed by atoms with van der Waals surface area (Å²) in [6, 6.07) is -0.0157. The fraction of sp³-hybridized carbons (Fsp3) is 0.786. The topological polar surface area (TPSA) is 49.3 Å². The van der Waals surface area contributed by atoms with Gasteiger partial charge in [-0.15, -0.1) is 0 Å². The first-order valence-corrected chi connectivity index (χ1v) is 6.75. The summed E-state index contributed by atoms with van der Waals surface area (Å²) in [6.45, 7) is 4.21. The predicted octanol–water partition coefficient (Wildman–Crippen LogP) is 3.81. The van der Waals surface area contributed by atoms with Crippen molar-refractivity contribution in [3.8, 4) is 0 Å². The maximum Gasteiger partial charge on any atom is 0.405 e. The molecule has 0 spiro atoms. The van der Waals surface area contributed by atoms with Gasteiger partial charge in [0.25, 0.3) is 0 Å². The molecule has 0 aliphatic heterocycles. The van der Waals surface area contributed by atoms with Gasteiger partial charge in [-0.05, 0) is 18.3 Å². The number of nitrogens with one attached hydrogen (secondary N) is 1. The summed E-state index contributed by atoms with van der Waals surface area (Å²) in [7, 11) is 0. The first-order chi connectivity index (χ1) is 8.08. The van der Waals surface area contributed by atoms with E-state index in [1.165, 1.54) is 32.1 Å². The highest BCUT2D eigenvalue weighted by molar-refractivity contribution is 5.65. The lowest BCUT2D eigenvalue weighted by Gasteiger charge is -2.25. The predicted molar refractivity (Wildman–Crippen MR) is 70.1 cm³/mol. The number of hydrogen-bond donors (Lipinski definition) is 2. The smallest absolute Gasteiger partial charge is 0.405 e. The first kappa shape index (κ1) is 14.1. The number of carbonyl (C=O) groups is 1. The SMILES string of the molecule is CC(C)/C=C\[C@H](CC1CCCCC1)NC(=O)O.